The molecule has 0 bridgehead atoms. The molecule has 31 heavy (non-hydrogen) atoms. The highest BCUT2D eigenvalue weighted by Gasteiger charge is 2.40. The molecule has 0 aliphatic carbocycles. The van der Waals surface area contributed by atoms with Crippen molar-refractivity contribution in [2.24, 2.45) is 5.92 Å². The second kappa shape index (κ2) is 9.15. The summed E-state index contributed by atoms with van der Waals surface area (Å²) in [4.78, 5) is 26.6. The third kappa shape index (κ3) is 5.57. The Morgan fingerprint density at radius 2 is 1.68 bits per heavy atom. The molecule has 3 rings (SSSR count). The number of amides is 2. The number of piperidine rings is 1. The molecule has 2 saturated heterocycles. The van der Waals surface area contributed by atoms with Crippen LogP contribution in [0.2, 0.25) is 0 Å². The molecule has 2 fully saturated rings. The number of carbonyl (C=O) groups is 2. The van der Waals surface area contributed by atoms with Crippen molar-refractivity contribution in [3.05, 3.63) is 29.8 Å². The molecular weight excluding hydrogens is 435 g/mol. The van der Waals surface area contributed by atoms with Gasteiger partial charge in [0.15, 0.2) is 0 Å². The van der Waals surface area contributed by atoms with Crippen LogP contribution in [0.1, 0.15) is 31.2 Å². The Labute approximate surface area is 179 Å². The van der Waals surface area contributed by atoms with Crippen molar-refractivity contribution in [1.82, 2.24) is 14.5 Å². The van der Waals surface area contributed by atoms with Gasteiger partial charge in [-0.3, -0.25) is 9.59 Å². The Balaban J connectivity index is 1.59. The van der Waals surface area contributed by atoms with Crippen LogP contribution >= 0.6 is 0 Å². The number of benzene rings is 1. The molecule has 2 aliphatic heterocycles. The summed E-state index contributed by atoms with van der Waals surface area (Å²) in [5, 5.41) is 1.86. The lowest BCUT2D eigenvalue weighted by molar-refractivity contribution is -0.146. The van der Waals surface area contributed by atoms with Crippen molar-refractivity contribution in [3.63, 3.8) is 0 Å². The average Bonchev–Trinajstić information content (AvgIpc) is 3.21. The highest BCUT2D eigenvalue weighted by Crippen LogP contribution is 2.28. The van der Waals surface area contributed by atoms with E-state index in [4.69, 9.17) is 0 Å². The van der Waals surface area contributed by atoms with E-state index in [-0.39, 0.29) is 23.9 Å². The van der Waals surface area contributed by atoms with Crippen molar-refractivity contribution >= 4 is 21.8 Å². The molecule has 0 spiro atoms. The van der Waals surface area contributed by atoms with E-state index in [1.807, 2.05) is 12.2 Å². The summed E-state index contributed by atoms with van der Waals surface area (Å²) in [7, 11) is -3.65. The van der Waals surface area contributed by atoms with Crippen molar-refractivity contribution in [2.75, 3.05) is 26.2 Å². The maximum absolute atomic E-state index is 12.9. The van der Waals surface area contributed by atoms with E-state index >= 15 is 0 Å². The van der Waals surface area contributed by atoms with Crippen LogP contribution in [0.4, 0.5) is 13.2 Å². The number of sulfonamides is 1. The number of hydrogen-bond donors (Lipinski definition) is 1. The summed E-state index contributed by atoms with van der Waals surface area (Å²) in [6.45, 7) is 1.09. The number of rotatable bonds is 5. The van der Waals surface area contributed by atoms with Gasteiger partial charge in [-0.2, -0.15) is 17.5 Å². The predicted octanol–water partition coefficient (Wildman–Crippen LogP) is 2.07. The van der Waals surface area contributed by atoms with Gasteiger partial charge in [0.05, 0.1) is 4.90 Å². The second-order valence-electron chi connectivity index (χ2n) is 8.01. The summed E-state index contributed by atoms with van der Waals surface area (Å²) in [5.74, 6) is -1.56. The summed E-state index contributed by atoms with van der Waals surface area (Å²) in [5.41, 5.74) is 0.947. The van der Waals surface area contributed by atoms with Crippen LogP contribution in [0.5, 0.6) is 0 Å². The fourth-order valence-corrected chi connectivity index (χ4v) is 5.51. The maximum atomic E-state index is 12.9. The number of likely N-dealkylation sites (tertiary alicyclic amines) is 1. The van der Waals surface area contributed by atoms with Gasteiger partial charge in [-0.05, 0) is 44.7 Å². The van der Waals surface area contributed by atoms with Crippen LogP contribution in [0.25, 0.3) is 0 Å². The standard InChI is InChI=1S/C20H26F3N3O4S/c1-14-4-6-16(7-5-14)31(29,30)25-11-8-15(9-12-25)19(28)26-10-2-3-17(26)18(27)24-13-20(21,22)23/h4-7,15,17H,2-3,8-13H2,1H3,(H,24,27). The number of halogens is 3. The van der Waals surface area contributed by atoms with Crippen molar-refractivity contribution in [1.29, 1.82) is 0 Å². The summed E-state index contributed by atoms with van der Waals surface area (Å²) in [6, 6.07) is 5.64. The Bertz CT molecular complexity index is 911. The molecule has 1 atom stereocenters. The molecule has 1 aromatic rings. The van der Waals surface area contributed by atoms with E-state index in [1.54, 1.807) is 24.3 Å². The molecule has 0 radical (unpaired) electrons. The normalized spacial score (nSPS) is 21.3. The van der Waals surface area contributed by atoms with Crippen LogP contribution in [0.3, 0.4) is 0 Å². The smallest absolute Gasteiger partial charge is 0.345 e. The predicted molar refractivity (Wildman–Crippen MR) is 106 cm³/mol. The fourth-order valence-electron chi connectivity index (χ4n) is 4.05. The molecule has 1 aromatic carbocycles. The van der Waals surface area contributed by atoms with E-state index in [9.17, 15) is 31.2 Å². The Kier molecular flexibility index (Phi) is 6.95. The third-order valence-electron chi connectivity index (χ3n) is 5.76. The second-order valence-corrected chi connectivity index (χ2v) is 9.95. The quantitative estimate of drug-likeness (QED) is 0.727. The van der Waals surface area contributed by atoms with Gasteiger partial charge >= 0.3 is 6.18 Å². The van der Waals surface area contributed by atoms with Gasteiger partial charge in [-0.15, -0.1) is 0 Å². The van der Waals surface area contributed by atoms with Gasteiger partial charge in [-0.25, -0.2) is 8.42 Å². The summed E-state index contributed by atoms with van der Waals surface area (Å²) in [6.07, 6.45) is -3.06. The van der Waals surface area contributed by atoms with Crippen LogP contribution < -0.4 is 5.32 Å². The van der Waals surface area contributed by atoms with Gasteiger partial charge in [0.25, 0.3) is 0 Å². The fraction of sp³-hybridized carbons (Fsp3) is 0.600. The zero-order valence-corrected chi connectivity index (χ0v) is 18.0. The molecule has 1 N–H and O–H groups in total. The average molecular weight is 462 g/mol. The van der Waals surface area contributed by atoms with Crippen LogP contribution in [0, 0.1) is 12.8 Å². The largest absolute Gasteiger partial charge is 0.405 e. The van der Waals surface area contributed by atoms with E-state index in [0.717, 1.165) is 5.56 Å². The maximum Gasteiger partial charge on any atom is 0.405 e. The van der Waals surface area contributed by atoms with Gasteiger partial charge in [0, 0.05) is 25.6 Å². The molecule has 7 nitrogen and oxygen atoms in total. The first kappa shape index (κ1) is 23.5. The Morgan fingerprint density at radius 3 is 2.26 bits per heavy atom. The van der Waals surface area contributed by atoms with Gasteiger partial charge in [0.1, 0.15) is 12.6 Å². The SMILES string of the molecule is Cc1ccc(S(=O)(=O)N2CCC(C(=O)N3CCCC3C(=O)NCC(F)(F)F)CC2)cc1. The number of carbonyl (C=O) groups excluding carboxylic acids is 2. The number of hydrogen-bond acceptors (Lipinski definition) is 4. The monoisotopic (exact) mass is 461 g/mol. The first-order chi connectivity index (χ1) is 14.5. The van der Waals surface area contributed by atoms with Gasteiger partial charge in [-0.1, -0.05) is 17.7 Å². The minimum Gasteiger partial charge on any atom is -0.345 e. The first-order valence-corrected chi connectivity index (χ1v) is 11.6. The van der Waals surface area contributed by atoms with Crippen LogP contribution in [0.15, 0.2) is 29.2 Å². The first-order valence-electron chi connectivity index (χ1n) is 10.2. The molecule has 0 saturated carbocycles. The number of aryl methyl sites for hydroxylation is 1. The lowest BCUT2D eigenvalue weighted by Gasteiger charge is -2.34. The molecule has 2 heterocycles. The van der Waals surface area contributed by atoms with E-state index in [0.29, 0.717) is 32.2 Å². The van der Waals surface area contributed by atoms with Crippen LogP contribution in [-0.4, -0.2) is 67.8 Å². The van der Waals surface area contributed by atoms with Gasteiger partial charge < -0.3 is 10.2 Å². The molecule has 11 heteroatoms. The highest BCUT2D eigenvalue weighted by atomic mass is 32.2. The minimum absolute atomic E-state index is 0.172. The van der Waals surface area contributed by atoms with E-state index in [2.05, 4.69) is 0 Å². The number of alkyl halides is 3. The number of nitrogens with one attached hydrogen (secondary N) is 1. The Morgan fingerprint density at radius 1 is 1.06 bits per heavy atom. The van der Waals surface area contributed by atoms with E-state index < -0.39 is 40.6 Å². The van der Waals surface area contributed by atoms with Crippen molar-refractivity contribution < 1.29 is 31.2 Å². The van der Waals surface area contributed by atoms with Crippen molar-refractivity contribution in [3.8, 4) is 0 Å². The van der Waals surface area contributed by atoms with E-state index in [1.165, 1.54) is 9.21 Å². The van der Waals surface area contributed by atoms with Crippen molar-refractivity contribution in [2.45, 2.75) is 49.7 Å². The summed E-state index contributed by atoms with van der Waals surface area (Å²) < 4.78 is 64.1. The zero-order valence-electron chi connectivity index (χ0n) is 17.2. The van der Waals surface area contributed by atoms with Gasteiger partial charge in [0.2, 0.25) is 21.8 Å². The topological polar surface area (TPSA) is 86.8 Å². The third-order valence-corrected chi connectivity index (χ3v) is 7.68. The zero-order chi connectivity index (χ0) is 22.8. The summed E-state index contributed by atoms with van der Waals surface area (Å²) >= 11 is 0. The lowest BCUT2D eigenvalue weighted by atomic mass is 9.96. The Hall–Kier alpha value is -2.14. The van der Waals surface area contributed by atoms with Crippen LogP contribution in [-0.2, 0) is 19.6 Å². The molecule has 172 valence electrons. The highest BCUT2D eigenvalue weighted by molar-refractivity contribution is 7.89. The minimum atomic E-state index is -4.52. The number of nitrogens with zero attached hydrogens (tertiary/aromatic N) is 2. The molecule has 1 unspecified atom stereocenters. The molecule has 0 aromatic heterocycles. The molecule has 2 amide bonds. The lowest BCUT2D eigenvalue weighted by Crippen LogP contribution is -2.51. The molecular formula is C20H26F3N3O4S. The molecule has 2 aliphatic rings.